The Balaban J connectivity index is 1.49. The first-order valence-corrected chi connectivity index (χ1v) is 10.4. The number of aromatic nitrogens is 2. The van der Waals surface area contributed by atoms with Gasteiger partial charge in [-0.3, -0.25) is 4.57 Å². The fourth-order valence-corrected chi connectivity index (χ4v) is 4.04. The van der Waals surface area contributed by atoms with E-state index in [2.05, 4.69) is 17.1 Å². The molecular weight excluding hydrogens is 404 g/mol. The van der Waals surface area contributed by atoms with Crippen molar-refractivity contribution in [3.05, 3.63) is 88.8 Å². The van der Waals surface area contributed by atoms with Gasteiger partial charge < -0.3 is 14.2 Å². The summed E-state index contributed by atoms with van der Waals surface area (Å²) in [6.07, 6.45) is 0.714. The van der Waals surface area contributed by atoms with Gasteiger partial charge in [0.1, 0.15) is 5.75 Å². The Bertz CT molecular complexity index is 1330. The van der Waals surface area contributed by atoms with Crippen molar-refractivity contribution >= 4 is 0 Å². The molecule has 1 aliphatic rings. The number of hydrogen-bond donors (Lipinski definition) is 0. The maximum atomic E-state index is 12.7. The van der Waals surface area contributed by atoms with Crippen molar-refractivity contribution in [2.24, 2.45) is 0 Å². The topological polar surface area (TPSA) is 62.6 Å². The van der Waals surface area contributed by atoms with Crippen molar-refractivity contribution in [2.75, 3.05) is 14.2 Å². The van der Waals surface area contributed by atoms with E-state index in [1.165, 1.54) is 0 Å². The SMILES string of the molecule is COc1cc2c(cc1OC)-c1cc(Oc3ccc(-c4ccccc4)cc3)nc(=O)n1CC2. The zero-order valence-electron chi connectivity index (χ0n) is 17.9. The van der Waals surface area contributed by atoms with Crippen molar-refractivity contribution in [1.29, 1.82) is 0 Å². The van der Waals surface area contributed by atoms with Crippen molar-refractivity contribution in [3.8, 4) is 45.5 Å². The molecule has 0 unspecified atom stereocenters. The maximum Gasteiger partial charge on any atom is 0.351 e. The summed E-state index contributed by atoms with van der Waals surface area (Å²) in [4.78, 5) is 16.9. The smallest absolute Gasteiger partial charge is 0.351 e. The van der Waals surface area contributed by atoms with Gasteiger partial charge in [-0.15, -0.1) is 0 Å². The van der Waals surface area contributed by atoms with Crippen LogP contribution in [0.1, 0.15) is 5.56 Å². The third-order valence-corrected chi connectivity index (χ3v) is 5.66. The van der Waals surface area contributed by atoms with Gasteiger partial charge in [0, 0.05) is 18.2 Å². The highest BCUT2D eigenvalue weighted by Crippen LogP contribution is 2.38. The van der Waals surface area contributed by atoms with Crippen LogP contribution in [0.2, 0.25) is 0 Å². The van der Waals surface area contributed by atoms with Gasteiger partial charge in [0.25, 0.3) is 0 Å². The second kappa shape index (κ2) is 8.23. The summed E-state index contributed by atoms with van der Waals surface area (Å²) in [7, 11) is 3.21. The highest BCUT2D eigenvalue weighted by atomic mass is 16.5. The minimum Gasteiger partial charge on any atom is -0.493 e. The lowest BCUT2D eigenvalue weighted by Gasteiger charge is -2.23. The van der Waals surface area contributed by atoms with E-state index in [0.29, 0.717) is 30.2 Å². The van der Waals surface area contributed by atoms with Crippen LogP contribution in [0, 0.1) is 0 Å². The fourth-order valence-electron chi connectivity index (χ4n) is 4.04. The van der Waals surface area contributed by atoms with E-state index >= 15 is 0 Å². The Morgan fingerprint density at radius 2 is 1.53 bits per heavy atom. The molecule has 0 bridgehead atoms. The number of hydrogen-bond acceptors (Lipinski definition) is 5. The molecule has 0 radical (unpaired) electrons. The molecule has 160 valence electrons. The molecule has 0 atom stereocenters. The first-order chi connectivity index (χ1) is 15.7. The molecule has 3 aromatic carbocycles. The van der Waals surface area contributed by atoms with Crippen LogP contribution in [0.15, 0.2) is 77.6 Å². The average Bonchev–Trinajstić information content (AvgIpc) is 2.84. The fraction of sp³-hybridized carbons (Fsp3) is 0.154. The lowest BCUT2D eigenvalue weighted by atomic mass is 9.97. The average molecular weight is 426 g/mol. The number of fused-ring (bicyclic) bond motifs is 3. The molecule has 32 heavy (non-hydrogen) atoms. The zero-order chi connectivity index (χ0) is 22.1. The summed E-state index contributed by atoms with van der Waals surface area (Å²) in [5.41, 5.74) is 4.64. The Kier molecular flexibility index (Phi) is 5.11. The summed E-state index contributed by atoms with van der Waals surface area (Å²) in [6, 6.07) is 23.5. The van der Waals surface area contributed by atoms with E-state index in [-0.39, 0.29) is 11.6 Å². The Morgan fingerprint density at radius 1 is 0.844 bits per heavy atom. The standard InChI is InChI=1S/C26H22N2O4/c1-30-23-14-19-12-13-28-22(21(19)15-24(23)31-2)16-25(27-26(28)29)32-20-10-8-18(9-11-20)17-6-4-3-5-7-17/h3-11,14-16H,12-13H2,1-2H3. The molecule has 0 spiro atoms. The highest BCUT2D eigenvalue weighted by Gasteiger charge is 2.22. The number of methoxy groups -OCH3 is 2. The second-order valence-corrected chi connectivity index (χ2v) is 7.52. The predicted octanol–water partition coefficient (Wildman–Crippen LogP) is 4.94. The van der Waals surface area contributed by atoms with Crippen LogP contribution in [0.25, 0.3) is 22.4 Å². The first-order valence-electron chi connectivity index (χ1n) is 10.4. The molecule has 1 aromatic heterocycles. The molecule has 1 aliphatic heterocycles. The van der Waals surface area contributed by atoms with Gasteiger partial charge >= 0.3 is 5.69 Å². The van der Waals surface area contributed by atoms with Gasteiger partial charge in [0.2, 0.25) is 5.88 Å². The molecule has 0 N–H and O–H groups in total. The number of rotatable bonds is 5. The molecule has 0 saturated carbocycles. The van der Waals surface area contributed by atoms with Crippen LogP contribution in [0.3, 0.4) is 0 Å². The quantitative estimate of drug-likeness (QED) is 0.452. The van der Waals surface area contributed by atoms with Crippen LogP contribution in [0.5, 0.6) is 23.1 Å². The number of ether oxygens (including phenoxy) is 3. The molecule has 0 aliphatic carbocycles. The lowest BCUT2D eigenvalue weighted by molar-refractivity contribution is 0.354. The normalized spacial score (nSPS) is 11.9. The van der Waals surface area contributed by atoms with Crippen LogP contribution < -0.4 is 19.9 Å². The predicted molar refractivity (Wildman–Crippen MR) is 123 cm³/mol. The zero-order valence-corrected chi connectivity index (χ0v) is 17.9. The third-order valence-electron chi connectivity index (χ3n) is 5.66. The van der Waals surface area contributed by atoms with E-state index in [0.717, 1.165) is 27.9 Å². The Morgan fingerprint density at radius 3 is 2.25 bits per heavy atom. The van der Waals surface area contributed by atoms with Gasteiger partial charge in [-0.05, 0) is 47.4 Å². The van der Waals surface area contributed by atoms with Crippen molar-refractivity contribution in [2.45, 2.75) is 13.0 Å². The van der Waals surface area contributed by atoms with E-state index in [1.54, 1.807) is 24.9 Å². The molecule has 6 heteroatoms. The second-order valence-electron chi connectivity index (χ2n) is 7.52. The molecule has 0 amide bonds. The maximum absolute atomic E-state index is 12.7. The first kappa shape index (κ1) is 19.9. The van der Waals surface area contributed by atoms with Crippen LogP contribution in [-0.4, -0.2) is 23.8 Å². The Hall–Kier alpha value is -4.06. The van der Waals surface area contributed by atoms with Crippen LogP contribution in [0.4, 0.5) is 0 Å². The molecule has 4 aromatic rings. The number of nitrogens with zero attached hydrogens (tertiary/aromatic N) is 2. The largest absolute Gasteiger partial charge is 0.493 e. The van der Waals surface area contributed by atoms with E-state index in [1.807, 2.05) is 54.6 Å². The van der Waals surface area contributed by atoms with Gasteiger partial charge in [0.05, 0.1) is 19.9 Å². The minimum absolute atomic E-state index is 0.261. The van der Waals surface area contributed by atoms with Crippen molar-refractivity contribution < 1.29 is 14.2 Å². The van der Waals surface area contributed by atoms with E-state index in [9.17, 15) is 4.79 Å². The van der Waals surface area contributed by atoms with E-state index in [4.69, 9.17) is 14.2 Å². The van der Waals surface area contributed by atoms with Gasteiger partial charge in [-0.1, -0.05) is 42.5 Å². The summed E-state index contributed by atoms with van der Waals surface area (Å²) >= 11 is 0. The lowest BCUT2D eigenvalue weighted by Crippen LogP contribution is -2.28. The van der Waals surface area contributed by atoms with Crippen molar-refractivity contribution in [3.63, 3.8) is 0 Å². The van der Waals surface area contributed by atoms with Crippen LogP contribution >= 0.6 is 0 Å². The summed E-state index contributed by atoms with van der Waals surface area (Å²) in [5.74, 6) is 2.16. The Labute approximate surface area is 185 Å². The monoisotopic (exact) mass is 426 g/mol. The van der Waals surface area contributed by atoms with Crippen LogP contribution in [-0.2, 0) is 13.0 Å². The third kappa shape index (κ3) is 3.60. The van der Waals surface area contributed by atoms with Gasteiger partial charge in [0.15, 0.2) is 11.5 Å². The van der Waals surface area contributed by atoms with Gasteiger partial charge in [-0.2, -0.15) is 4.98 Å². The number of benzene rings is 3. The molecule has 5 rings (SSSR count). The molecular formula is C26H22N2O4. The molecule has 0 saturated heterocycles. The molecule has 0 fully saturated rings. The highest BCUT2D eigenvalue weighted by molar-refractivity contribution is 5.71. The van der Waals surface area contributed by atoms with Crippen molar-refractivity contribution in [1.82, 2.24) is 9.55 Å². The number of aryl methyl sites for hydroxylation is 1. The molecule has 6 nitrogen and oxygen atoms in total. The minimum atomic E-state index is -0.334. The summed E-state index contributed by atoms with van der Waals surface area (Å²) < 4.78 is 18.5. The molecule has 2 heterocycles. The van der Waals surface area contributed by atoms with E-state index < -0.39 is 0 Å². The summed E-state index contributed by atoms with van der Waals surface area (Å²) in [5, 5.41) is 0. The van der Waals surface area contributed by atoms with Gasteiger partial charge in [-0.25, -0.2) is 4.79 Å². The summed E-state index contributed by atoms with van der Waals surface area (Å²) in [6.45, 7) is 0.551.